The summed E-state index contributed by atoms with van der Waals surface area (Å²) in [4.78, 5) is 36.5. The third-order valence-corrected chi connectivity index (χ3v) is 6.35. The van der Waals surface area contributed by atoms with Crippen molar-refractivity contribution in [2.45, 2.75) is 19.9 Å². The molecule has 157 valence electrons. The Morgan fingerprint density at radius 3 is 2.52 bits per heavy atom. The van der Waals surface area contributed by atoms with Crippen LogP contribution in [0.5, 0.6) is 0 Å². The summed E-state index contributed by atoms with van der Waals surface area (Å²) in [5.41, 5.74) is 1.28. The van der Waals surface area contributed by atoms with Crippen LogP contribution in [0, 0.1) is 11.3 Å². The number of hydrogen-bond donors (Lipinski definition) is 3. The van der Waals surface area contributed by atoms with Crippen LogP contribution in [0.4, 0.5) is 10.5 Å². The second-order valence-corrected chi connectivity index (χ2v) is 9.58. The number of amides is 2. The Labute approximate surface area is 185 Å². The molecule has 2 aromatic carbocycles. The van der Waals surface area contributed by atoms with E-state index in [1.807, 2.05) is 38.1 Å². The number of nitrogens with zero attached hydrogens (tertiary/aromatic N) is 2. The van der Waals surface area contributed by atoms with Gasteiger partial charge in [0.25, 0.3) is 0 Å². The molecule has 3 N–H and O–H groups in total. The molecule has 0 spiro atoms. The number of aromatic nitrogens is 1. The first-order chi connectivity index (χ1) is 14.7. The van der Waals surface area contributed by atoms with Crippen molar-refractivity contribution in [2.75, 3.05) is 5.32 Å². The van der Waals surface area contributed by atoms with Crippen LogP contribution in [0.1, 0.15) is 40.3 Å². The Balaban J connectivity index is 1.89. The number of hydrogen-bond acceptors (Lipinski definition) is 4. The van der Waals surface area contributed by atoms with Gasteiger partial charge < -0.3 is 0 Å². The Morgan fingerprint density at radius 2 is 1.87 bits per heavy atom. The number of aromatic carboxylic acids is 1. The Hall–Kier alpha value is -3.56. The molecular formula is C22H20AsN4O4. The second kappa shape index (κ2) is 9.07. The van der Waals surface area contributed by atoms with Gasteiger partial charge in [-0.05, 0) is 0 Å². The van der Waals surface area contributed by atoms with Gasteiger partial charge in [0.15, 0.2) is 0 Å². The number of carbonyl (C=O) groups excluding carboxylic acids is 2. The van der Waals surface area contributed by atoms with Gasteiger partial charge in [0.2, 0.25) is 0 Å². The van der Waals surface area contributed by atoms with Gasteiger partial charge in [-0.15, -0.1) is 0 Å². The van der Waals surface area contributed by atoms with E-state index < -0.39 is 27.6 Å². The zero-order chi connectivity index (χ0) is 22.7. The molecule has 1 aromatic heterocycles. The Morgan fingerprint density at radius 1 is 1.13 bits per heavy atom. The summed E-state index contributed by atoms with van der Waals surface area (Å²) in [6, 6.07) is 13.4. The first-order valence-electron chi connectivity index (χ1n) is 9.40. The van der Waals surface area contributed by atoms with E-state index >= 15 is 0 Å². The topological polar surface area (TPSA) is 124 Å². The quantitative estimate of drug-likeness (QED) is 0.469. The molecule has 0 aliphatic rings. The molecule has 1 heterocycles. The number of carbonyl (C=O) groups is 3. The normalized spacial score (nSPS) is 11.1. The number of carboxylic acids is 1. The summed E-state index contributed by atoms with van der Waals surface area (Å²) in [5.74, 6) is -1.71. The summed E-state index contributed by atoms with van der Waals surface area (Å²) in [7, 11) is 1.74. The first kappa shape index (κ1) is 22.1. The summed E-state index contributed by atoms with van der Waals surface area (Å²) in [6.07, 6.45) is 0. The van der Waals surface area contributed by atoms with Crippen LogP contribution in [-0.2, 0) is 7.05 Å². The molecule has 0 fully saturated rings. The van der Waals surface area contributed by atoms with Crippen molar-refractivity contribution in [3.63, 3.8) is 0 Å². The number of rotatable bonds is 6. The SMILES string of the molecule is CC(C)NC(=O)[As]c1ccc2cc(C(=O)Nc3ccc(C#N)cc3C(=O)O)n(C)c2c1. The van der Waals surface area contributed by atoms with Crippen molar-refractivity contribution in [2.24, 2.45) is 7.05 Å². The number of nitriles is 1. The molecule has 3 aromatic rings. The number of carboxylic acid groups (broad SMARTS) is 1. The predicted molar refractivity (Wildman–Crippen MR) is 118 cm³/mol. The second-order valence-electron chi connectivity index (χ2n) is 7.18. The van der Waals surface area contributed by atoms with Crippen molar-refractivity contribution < 1.29 is 19.5 Å². The molecule has 0 unspecified atom stereocenters. The summed E-state index contributed by atoms with van der Waals surface area (Å²) < 4.78 is 2.63. The van der Waals surface area contributed by atoms with Gasteiger partial charge in [0.1, 0.15) is 0 Å². The average Bonchev–Trinajstić information content (AvgIpc) is 3.03. The van der Waals surface area contributed by atoms with E-state index in [0.717, 1.165) is 15.3 Å². The van der Waals surface area contributed by atoms with Crippen LogP contribution in [0.25, 0.3) is 10.9 Å². The molecule has 0 bridgehead atoms. The van der Waals surface area contributed by atoms with Gasteiger partial charge in [-0.3, -0.25) is 0 Å². The standard InChI is InChI=1S/C22H20AsN4O4/c1-12(2)25-22(31)23-15-6-5-14-9-19(27(3)18(14)10-15)20(28)26-17-7-4-13(11-24)8-16(17)21(29)30/h4-10,12H,1-3H3,(H,25,31)(H,26,28)(H,29,30). The molecule has 1 radical (unpaired) electrons. The van der Waals surface area contributed by atoms with Crippen LogP contribution < -0.4 is 15.0 Å². The van der Waals surface area contributed by atoms with Crippen molar-refractivity contribution in [1.29, 1.82) is 5.26 Å². The predicted octanol–water partition coefficient (Wildman–Crippen LogP) is 2.45. The van der Waals surface area contributed by atoms with E-state index in [1.165, 1.54) is 18.2 Å². The molecule has 3 rings (SSSR count). The molecule has 8 nitrogen and oxygen atoms in total. The molecule has 0 atom stereocenters. The monoisotopic (exact) mass is 479 g/mol. The van der Waals surface area contributed by atoms with E-state index in [-0.39, 0.29) is 27.6 Å². The maximum absolute atomic E-state index is 12.9. The zero-order valence-electron chi connectivity index (χ0n) is 17.1. The van der Waals surface area contributed by atoms with Crippen molar-refractivity contribution >= 4 is 53.3 Å². The molecule has 31 heavy (non-hydrogen) atoms. The molecule has 0 saturated carbocycles. The van der Waals surface area contributed by atoms with Crippen LogP contribution in [0.2, 0.25) is 0 Å². The van der Waals surface area contributed by atoms with E-state index in [4.69, 9.17) is 5.26 Å². The number of benzene rings is 2. The van der Waals surface area contributed by atoms with E-state index in [0.29, 0.717) is 5.69 Å². The van der Waals surface area contributed by atoms with E-state index in [9.17, 15) is 19.5 Å². The molecule has 0 aliphatic carbocycles. The fraction of sp³-hybridized carbons (Fsp3) is 0.182. The minimum absolute atomic E-state index is 0.0137. The third-order valence-electron chi connectivity index (χ3n) is 4.53. The fourth-order valence-corrected chi connectivity index (χ4v) is 4.96. The molecular weight excluding hydrogens is 459 g/mol. The van der Waals surface area contributed by atoms with E-state index in [1.54, 1.807) is 17.7 Å². The van der Waals surface area contributed by atoms with Gasteiger partial charge in [-0.25, -0.2) is 0 Å². The van der Waals surface area contributed by atoms with Crippen molar-refractivity contribution in [3.8, 4) is 6.07 Å². The molecule has 2 amide bonds. The van der Waals surface area contributed by atoms with E-state index in [2.05, 4.69) is 10.6 Å². The van der Waals surface area contributed by atoms with Gasteiger partial charge in [-0.1, -0.05) is 0 Å². The molecule has 0 aliphatic heterocycles. The van der Waals surface area contributed by atoms with Gasteiger partial charge in [0, 0.05) is 0 Å². The molecule has 0 saturated heterocycles. The van der Waals surface area contributed by atoms with Gasteiger partial charge >= 0.3 is 180 Å². The number of anilines is 1. The zero-order valence-corrected chi connectivity index (χ0v) is 19.0. The minimum atomic E-state index is -1.24. The number of fused-ring (bicyclic) bond motifs is 1. The Kier molecular flexibility index (Phi) is 6.47. The van der Waals surface area contributed by atoms with Crippen LogP contribution in [0.15, 0.2) is 42.5 Å². The Bertz CT molecular complexity index is 1240. The van der Waals surface area contributed by atoms with Gasteiger partial charge in [-0.2, -0.15) is 5.26 Å². The average molecular weight is 479 g/mol. The first-order valence-corrected chi connectivity index (χ1v) is 11.3. The number of aryl methyl sites for hydroxylation is 1. The number of nitrogens with one attached hydrogen (secondary N) is 2. The summed E-state index contributed by atoms with van der Waals surface area (Å²) in [5, 5.41) is 24.7. The molecule has 9 heteroatoms. The van der Waals surface area contributed by atoms with Crippen LogP contribution in [0.3, 0.4) is 0 Å². The van der Waals surface area contributed by atoms with Crippen LogP contribution >= 0.6 is 0 Å². The maximum atomic E-state index is 12.9. The van der Waals surface area contributed by atoms with Crippen LogP contribution in [-0.4, -0.2) is 48.0 Å². The third kappa shape index (κ3) is 4.96. The fourth-order valence-electron chi connectivity index (χ4n) is 3.09. The summed E-state index contributed by atoms with van der Waals surface area (Å²) >= 11 is -0.713. The summed E-state index contributed by atoms with van der Waals surface area (Å²) in [6.45, 7) is 3.82. The van der Waals surface area contributed by atoms with Crippen molar-refractivity contribution in [1.82, 2.24) is 9.88 Å². The van der Waals surface area contributed by atoms with Gasteiger partial charge in [0.05, 0.1) is 0 Å². The van der Waals surface area contributed by atoms with Crippen molar-refractivity contribution in [3.05, 3.63) is 59.3 Å².